The Hall–Kier alpha value is -1.40. The molecule has 1 fully saturated rings. The minimum Gasteiger partial charge on any atom is -0.326 e. The smallest absolute Gasteiger partial charge is 0.238 e. The van der Waals surface area contributed by atoms with Crippen molar-refractivity contribution in [2.45, 2.75) is 43.4 Å². The van der Waals surface area contributed by atoms with Crippen molar-refractivity contribution in [3.05, 3.63) is 24.3 Å². The van der Waals surface area contributed by atoms with Crippen molar-refractivity contribution in [1.29, 1.82) is 0 Å². The van der Waals surface area contributed by atoms with Crippen LogP contribution in [0.25, 0.3) is 0 Å². The highest BCUT2D eigenvalue weighted by atomic mass is 32.2. The van der Waals surface area contributed by atoms with E-state index >= 15 is 0 Å². The van der Waals surface area contributed by atoms with E-state index in [2.05, 4.69) is 5.32 Å². The van der Waals surface area contributed by atoms with Crippen LogP contribution in [0.1, 0.15) is 38.5 Å². The van der Waals surface area contributed by atoms with Crippen LogP contribution in [0, 0.1) is 5.92 Å². The predicted molar refractivity (Wildman–Crippen MR) is 77.6 cm³/mol. The number of carbonyl (C=O) groups excluding carboxylic acids is 1. The first-order chi connectivity index (χ1) is 9.45. The molecule has 1 amide bonds. The SMILES string of the molecule is NS(=O)(=O)c1cccc(NC(=O)CCC2CCCC2)c1. The average Bonchev–Trinajstić information content (AvgIpc) is 2.89. The molecule has 0 bridgehead atoms. The number of anilines is 1. The van der Waals surface area contributed by atoms with E-state index < -0.39 is 10.0 Å². The van der Waals surface area contributed by atoms with Gasteiger partial charge in [-0.05, 0) is 30.5 Å². The fraction of sp³-hybridized carbons (Fsp3) is 0.500. The Morgan fingerprint density at radius 1 is 1.30 bits per heavy atom. The van der Waals surface area contributed by atoms with Gasteiger partial charge in [-0.2, -0.15) is 0 Å². The number of rotatable bonds is 5. The van der Waals surface area contributed by atoms with Crippen LogP contribution in [0.2, 0.25) is 0 Å². The monoisotopic (exact) mass is 296 g/mol. The van der Waals surface area contributed by atoms with E-state index in [1.54, 1.807) is 12.1 Å². The minimum atomic E-state index is -3.74. The Morgan fingerprint density at radius 2 is 2.00 bits per heavy atom. The summed E-state index contributed by atoms with van der Waals surface area (Å²) in [5.41, 5.74) is 0.466. The number of hydrogen-bond acceptors (Lipinski definition) is 3. The number of hydrogen-bond donors (Lipinski definition) is 2. The van der Waals surface area contributed by atoms with E-state index in [-0.39, 0.29) is 10.8 Å². The second kappa shape index (κ2) is 6.37. The summed E-state index contributed by atoms with van der Waals surface area (Å²) in [5.74, 6) is 0.583. The molecule has 1 aliphatic rings. The lowest BCUT2D eigenvalue weighted by atomic mass is 10.0. The third-order valence-corrected chi connectivity index (χ3v) is 4.61. The summed E-state index contributed by atoms with van der Waals surface area (Å²) in [6.07, 6.45) is 6.35. The van der Waals surface area contributed by atoms with Crippen molar-refractivity contribution in [1.82, 2.24) is 0 Å². The maximum atomic E-state index is 11.8. The van der Waals surface area contributed by atoms with Crippen molar-refractivity contribution >= 4 is 21.6 Å². The quantitative estimate of drug-likeness (QED) is 0.873. The first kappa shape index (κ1) is 15.0. The highest BCUT2D eigenvalue weighted by Crippen LogP contribution is 2.28. The summed E-state index contributed by atoms with van der Waals surface area (Å²) < 4.78 is 22.5. The zero-order valence-electron chi connectivity index (χ0n) is 11.3. The summed E-state index contributed by atoms with van der Waals surface area (Å²) in [6.45, 7) is 0. The molecule has 1 aromatic carbocycles. The molecule has 0 aromatic heterocycles. The van der Waals surface area contributed by atoms with Crippen LogP contribution in [0.15, 0.2) is 29.2 Å². The summed E-state index contributed by atoms with van der Waals surface area (Å²) in [4.78, 5) is 11.8. The summed E-state index contributed by atoms with van der Waals surface area (Å²) in [7, 11) is -3.74. The second-order valence-corrected chi connectivity index (χ2v) is 6.87. The highest BCUT2D eigenvalue weighted by molar-refractivity contribution is 7.89. The standard InChI is InChI=1S/C14H20N2O3S/c15-20(18,19)13-7-3-6-12(10-13)16-14(17)9-8-11-4-1-2-5-11/h3,6-7,10-11H,1-2,4-5,8-9H2,(H,16,17)(H2,15,18,19). The lowest BCUT2D eigenvalue weighted by molar-refractivity contribution is -0.116. The van der Waals surface area contributed by atoms with Gasteiger partial charge in [-0.1, -0.05) is 31.7 Å². The van der Waals surface area contributed by atoms with Gasteiger partial charge in [0, 0.05) is 12.1 Å². The van der Waals surface area contributed by atoms with Gasteiger partial charge in [-0.15, -0.1) is 0 Å². The molecular formula is C14H20N2O3S. The van der Waals surface area contributed by atoms with Crippen LogP contribution in [-0.4, -0.2) is 14.3 Å². The van der Waals surface area contributed by atoms with E-state index in [0.29, 0.717) is 18.0 Å². The van der Waals surface area contributed by atoms with Gasteiger partial charge < -0.3 is 5.32 Å². The Kier molecular flexibility index (Phi) is 4.77. The van der Waals surface area contributed by atoms with E-state index in [1.165, 1.54) is 37.8 Å². The van der Waals surface area contributed by atoms with Gasteiger partial charge in [0.1, 0.15) is 0 Å². The third-order valence-electron chi connectivity index (χ3n) is 3.70. The number of amides is 1. The molecule has 2 rings (SSSR count). The molecule has 1 aliphatic carbocycles. The predicted octanol–water partition coefficient (Wildman–Crippen LogP) is 2.24. The zero-order chi connectivity index (χ0) is 14.6. The molecule has 0 heterocycles. The highest BCUT2D eigenvalue weighted by Gasteiger charge is 2.16. The molecule has 1 saturated carbocycles. The maximum Gasteiger partial charge on any atom is 0.238 e. The normalized spacial score (nSPS) is 16.2. The lowest BCUT2D eigenvalue weighted by Gasteiger charge is -2.09. The van der Waals surface area contributed by atoms with Crippen molar-refractivity contribution in [3.8, 4) is 0 Å². The first-order valence-corrected chi connectivity index (χ1v) is 8.42. The van der Waals surface area contributed by atoms with Gasteiger partial charge in [0.05, 0.1) is 4.90 Å². The van der Waals surface area contributed by atoms with E-state index in [4.69, 9.17) is 5.14 Å². The number of nitrogens with one attached hydrogen (secondary N) is 1. The molecule has 5 nitrogen and oxygen atoms in total. The van der Waals surface area contributed by atoms with E-state index in [0.717, 1.165) is 6.42 Å². The molecule has 1 aromatic rings. The molecule has 6 heteroatoms. The first-order valence-electron chi connectivity index (χ1n) is 6.88. The van der Waals surface area contributed by atoms with Gasteiger partial charge in [0.2, 0.25) is 15.9 Å². The minimum absolute atomic E-state index is 0.00564. The molecule has 0 atom stereocenters. The second-order valence-electron chi connectivity index (χ2n) is 5.31. The molecule has 0 saturated heterocycles. The van der Waals surface area contributed by atoms with Crippen LogP contribution in [0.4, 0.5) is 5.69 Å². The molecule has 20 heavy (non-hydrogen) atoms. The van der Waals surface area contributed by atoms with Crippen LogP contribution in [0.3, 0.4) is 0 Å². The third kappa shape index (κ3) is 4.31. The zero-order valence-corrected chi connectivity index (χ0v) is 12.2. The number of primary sulfonamides is 1. The van der Waals surface area contributed by atoms with Gasteiger partial charge in [-0.3, -0.25) is 4.79 Å². The van der Waals surface area contributed by atoms with Crippen LogP contribution >= 0.6 is 0 Å². The molecule has 3 N–H and O–H groups in total. The number of nitrogens with two attached hydrogens (primary N) is 1. The largest absolute Gasteiger partial charge is 0.326 e. The average molecular weight is 296 g/mol. The fourth-order valence-corrected chi connectivity index (χ4v) is 3.17. The summed E-state index contributed by atoms with van der Waals surface area (Å²) in [5, 5.41) is 7.78. The van der Waals surface area contributed by atoms with Crippen molar-refractivity contribution in [2.75, 3.05) is 5.32 Å². The number of sulfonamides is 1. The Bertz CT molecular complexity index is 578. The number of carbonyl (C=O) groups is 1. The molecule has 0 aliphatic heterocycles. The summed E-state index contributed by atoms with van der Waals surface area (Å²) >= 11 is 0. The lowest BCUT2D eigenvalue weighted by Crippen LogP contribution is -2.15. The van der Waals surface area contributed by atoms with Gasteiger partial charge in [0.15, 0.2) is 0 Å². The fourth-order valence-electron chi connectivity index (χ4n) is 2.61. The van der Waals surface area contributed by atoms with Crippen LogP contribution < -0.4 is 10.5 Å². The Balaban J connectivity index is 1.90. The topological polar surface area (TPSA) is 89.3 Å². The van der Waals surface area contributed by atoms with Gasteiger partial charge >= 0.3 is 0 Å². The van der Waals surface area contributed by atoms with E-state index in [9.17, 15) is 13.2 Å². The van der Waals surface area contributed by atoms with Crippen LogP contribution in [0.5, 0.6) is 0 Å². The molecule has 0 radical (unpaired) electrons. The molecule has 110 valence electrons. The maximum absolute atomic E-state index is 11.8. The molecular weight excluding hydrogens is 276 g/mol. The Morgan fingerprint density at radius 3 is 2.65 bits per heavy atom. The Labute approximate surface area is 119 Å². The van der Waals surface area contributed by atoms with Crippen molar-refractivity contribution in [2.24, 2.45) is 11.1 Å². The summed E-state index contributed by atoms with van der Waals surface area (Å²) in [6, 6.07) is 6.00. The number of benzene rings is 1. The van der Waals surface area contributed by atoms with Gasteiger partial charge in [0.25, 0.3) is 0 Å². The van der Waals surface area contributed by atoms with Crippen LogP contribution in [-0.2, 0) is 14.8 Å². The van der Waals surface area contributed by atoms with E-state index in [1.807, 2.05) is 0 Å². The molecule has 0 spiro atoms. The molecule has 0 unspecified atom stereocenters. The van der Waals surface area contributed by atoms with Crippen molar-refractivity contribution in [3.63, 3.8) is 0 Å². The van der Waals surface area contributed by atoms with Crippen molar-refractivity contribution < 1.29 is 13.2 Å². The van der Waals surface area contributed by atoms with Gasteiger partial charge in [-0.25, -0.2) is 13.6 Å².